The molecular weight excluding hydrogens is 535 g/mol. The third-order valence-electron chi connectivity index (χ3n) is 9.43. The number of fused-ring (bicyclic) bond motifs is 1. The minimum Gasteiger partial charge on any atom is -0.870 e. The van der Waals surface area contributed by atoms with Crippen molar-refractivity contribution in [1.29, 1.82) is 0 Å². The van der Waals surface area contributed by atoms with Gasteiger partial charge in [-0.25, -0.2) is 0 Å². The van der Waals surface area contributed by atoms with Gasteiger partial charge in [0.15, 0.2) is 0 Å². The smallest absolute Gasteiger partial charge is 0.870 e. The van der Waals surface area contributed by atoms with Gasteiger partial charge in [0, 0.05) is 0 Å². The molecule has 8 atom stereocenters. The fourth-order valence-corrected chi connectivity index (χ4v) is 6.69. The number of carbonyl (C=O) groups excluding carboxylic acids is 2. The number of rotatable bonds is 12. The Morgan fingerprint density at radius 2 is 1.61 bits per heavy atom. The van der Waals surface area contributed by atoms with Gasteiger partial charge in [-0.3, -0.25) is 4.79 Å². The molecule has 1 aromatic rings. The molecule has 0 spiro atoms. The van der Waals surface area contributed by atoms with Crippen molar-refractivity contribution in [3.05, 3.63) is 35.9 Å². The molecule has 226 valence electrons. The minimum atomic E-state index is -2.01. The molecule has 41 heavy (non-hydrogen) atoms. The summed E-state index contributed by atoms with van der Waals surface area (Å²) < 4.78 is 17.9. The molecule has 0 aromatic heterocycles. The van der Waals surface area contributed by atoms with Gasteiger partial charge >= 0.3 is 55.4 Å². The van der Waals surface area contributed by atoms with Crippen molar-refractivity contribution >= 4 is 25.9 Å². The Bertz CT molecular complexity index is 960. The van der Waals surface area contributed by atoms with Crippen molar-refractivity contribution in [2.24, 2.45) is 11.8 Å². The number of hydrogen-bond acceptors (Lipinski definition) is 8. The summed E-state index contributed by atoms with van der Waals surface area (Å²) >= 11 is 0. The van der Waals surface area contributed by atoms with Crippen molar-refractivity contribution in [3.63, 3.8) is 0 Å². The normalized spacial score (nSPS) is 29.1. The molecule has 3 N–H and O–H groups in total. The van der Waals surface area contributed by atoms with E-state index in [0.29, 0.717) is 18.4 Å². The van der Waals surface area contributed by atoms with Gasteiger partial charge in [0.1, 0.15) is 12.6 Å². The number of hydrogen-bond donors (Lipinski definition) is 2. The quantitative estimate of drug-likeness (QED) is 0.358. The van der Waals surface area contributed by atoms with Crippen molar-refractivity contribution in [2.45, 2.75) is 117 Å². The van der Waals surface area contributed by atoms with Crippen molar-refractivity contribution in [3.8, 4) is 0 Å². The Kier molecular flexibility index (Phi) is 15.6. The van der Waals surface area contributed by atoms with Crippen LogP contribution in [-0.4, -0.2) is 64.5 Å². The topological polar surface area (TPSA) is 132 Å². The summed E-state index contributed by atoms with van der Waals surface area (Å²) in [4.78, 5) is 25.4. The summed E-state index contributed by atoms with van der Waals surface area (Å²) in [5, 5.41) is 17.4. The SMILES string of the molecule is CC[C@@H](C)C[C@H](C)B(O)O.CC[C@@H](C)C[C@H](C)[B-]12OC(=O)C[N+]1([C@H]1CCC[C@@H]1OCc1ccccc1)C(=O)O2.[Na+].[OH-]. The van der Waals surface area contributed by atoms with E-state index in [1.54, 1.807) is 0 Å². The molecule has 2 heterocycles. The molecule has 12 heteroatoms. The Balaban J connectivity index is 0.000000606. The monoisotopic (exact) mass is 585 g/mol. The predicted octanol–water partition coefficient (Wildman–Crippen LogP) is 2.53. The molecule has 9 nitrogen and oxygen atoms in total. The molecule has 1 aliphatic carbocycles. The number of amides is 1. The van der Waals surface area contributed by atoms with Gasteiger partial charge in [0.25, 0.3) is 0 Å². The third-order valence-corrected chi connectivity index (χ3v) is 9.43. The van der Waals surface area contributed by atoms with E-state index in [1.807, 2.05) is 37.3 Å². The Labute approximate surface area is 269 Å². The first-order valence-corrected chi connectivity index (χ1v) is 15.0. The minimum absolute atomic E-state index is 0. The van der Waals surface area contributed by atoms with Gasteiger partial charge in [0.05, 0.1) is 12.6 Å². The first-order chi connectivity index (χ1) is 18.5. The van der Waals surface area contributed by atoms with Crippen LogP contribution in [0.2, 0.25) is 11.6 Å². The number of benzene rings is 1. The van der Waals surface area contributed by atoms with E-state index < -0.39 is 13.8 Å². The van der Waals surface area contributed by atoms with E-state index in [1.165, 1.54) is 0 Å². The Morgan fingerprint density at radius 3 is 2.17 bits per heavy atom. The second-order valence-electron chi connectivity index (χ2n) is 12.4. The summed E-state index contributed by atoms with van der Waals surface area (Å²) in [5.41, 5.74) is 1.11. The summed E-state index contributed by atoms with van der Waals surface area (Å²) in [6, 6.07) is 9.98. The average molecular weight is 585 g/mol. The zero-order valence-corrected chi connectivity index (χ0v) is 28.2. The summed E-state index contributed by atoms with van der Waals surface area (Å²) in [7, 11) is -1.14. The van der Waals surface area contributed by atoms with E-state index in [2.05, 4.69) is 34.6 Å². The molecule has 4 rings (SSSR count). The number of carbonyl (C=O) groups is 2. The van der Waals surface area contributed by atoms with Gasteiger partial charge in [-0.1, -0.05) is 91.1 Å². The zero-order valence-electron chi connectivity index (χ0n) is 26.2. The molecule has 0 radical (unpaired) electrons. The van der Waals surface area contributed by atoms with Crippen LogP contribution in [-0.2, 0) is 25.4 Å². The second-order valence-corrected chi connectivity index (χ2v) is 12.4. The fraction of sp³-hybridized carbons (Fsp3) is 0.724. The number of nitrogens with zero attached hydrogens (tertiary/aromatic N) is 1. The maximum atomic E-state index is 12.9. The molecule has 2 unspecified atom stereocenters. The predicted molar refractivity (Wildman–Crippen MR) is 155 cm³/mol. The molecule has 2 saturated heterocycles. The second kappa shape index (κ2) is 16.8. The van der Waals surface area contributed by atoms with Crippen molar-refractivity contribution in [1.82, 2.24) is 0 Å². The fourth-order valence-electron chi connectivity index (χ4n) is 6.69. The molecule has 3 aliphatic rings. The van der Waals surface area contributed by atoms with Gasteiger partial charge in [0.2, 0.25) is 0 Å². The van der Waals surface area contributed by atoms with Crippen LogP contribution in [0, 0.1) is 11.8 Å². The first kappa shape index (κ1) is 38.1. The maximum Gasteiger partial charge on any atom is 1.00 e. The number of quaternary nitrogens is 1. The summed E-state index contributed by atoms with van der Waals surface area (Å²) in [6.45, 7) is 11.1. The summed E-state index contributed by atoms with van der Waals surface area (Å²) in [6.07, 6.45) is 6.27. The molecular formula is C29H50B2NNaO8. The van der Waals surface area contributed by atoms with Gasteiger partial charge in [-0.05, 0) is 54.7 Å². The van der Waals surface area contributed by atoms with E-state index in [9.17, 15) is 9.59 Å². The van der Waals surface area contributed by atoms with Gasteiger partial charge < -0.3 is 34.0 Å². The Morgan fingerprint density at radius 1 is 1.00 bits per heavy atom. The van der Waals surface area contributed by atoms with E-state index in [4.69, 9.17) is 24.1 Å². The molecule has 1 amide bonds. The van der Waals surface area contributed by atoms with Crippen LogP contribution >= 0.6 is 0 Å². The molecule has 3 fully saturated rings. The molecule has 1 saturated carbocycles. The first-order valence-electron chi connectivity index (χ1n) is 15.0. The summed E-state index contributed by atoms with van der Waals surface area (Å²) in [5.74, 6) is 0.771. The van der Waals surface area contributed by atoms with Crippen LogP contribution in [0.5, 0.6) is 0 Å². The average Bonchev–Trinajstić information content (AvgIpc) is 3.47. The molecule has 0 bridgehead atoms. The van der Waals surface area contributed by atoms with Crippen molar-refractivity contribution in [2.75, 3.05) is 6.54 Å². The molecule has 1 aromatic carbocycles. The van der Waals surface area contributed by atoms with E-state index in [-0.39, 0.29) is 81.8 Å². The maximum absolute atomic E-state index is 12.9. The van der Waals surface area contributed by atoms with Crippen LogP contribution in [0.4, 0.5) is 4.79 Å². The van der Waals surface area contributed by atoms with E-state index in [0.717, 1.165) is 50.5 Å². The number of ether oxygens (including phenoxy) is 1. The van der Waals surface area contributed by atoms with Crippen LogP contribution in [0.25, 0.3) is 0 Å². The zero-order chi connectivity index (χ0) is 28.8. The largest absolute Gasteiger partial charge is 1.00 e. The standard InChI is InChI=1S/C22H32BNO5.C7H17BO2.Na.H2O/c1-4-16(2)13-17(3)23-24(22(26)29-23,14-21(25)28-23)19-11-8-12-20(19)27-15-18-9-6-5-7-10-18;1-4-6(2)5-7(3)8(9)10;;/h5-7,9-10,16-17,19-20H,4,8,11-15H2,1-3H3;6-7,9-10H,4-5H2,1-3H3;;1H2/q;;+1;/p-1/t16-,17+,19+,20+,23?,24?;6-,7+;;/m11../s1. The Hall–Kier alpha value is -0.910. The van der Waals surface area contributed by atoms with Crippen LogP contribution in [0.3, 0.4) is 0 Å². The van der Waals surface area contributed by atoms with Gasteiger partial charge in [-0.2, -0.15) is 4.79 Å². The van der Waals surface area contributed by atoms with Crippen LogP contribution in [0.1, 0.15) is 92.1 Å². The van der Waals surface area contributed by atoms with Crippen LogP contribution in [0.15, 0.2) is 30.3 Å². The molecule has 2 aliphatic heterocycles. The van der Waals surface area contributed by atoms with Gasteiger partial charge in [-0.15, -0.1) is 0 Å². The van der Waals surface area contributed by atoms with Crippen molar-refractivity contribution < 1.29 is 73.1 Å². The van der Waals surface area contributed by atoms with E-state index >= 15 is 0 Å². The van der Waals surface area contributed by atoms with Crippen LogP contribution < -0.4 is 29.6 Å². The third kappa shape index (κ3) is 8.38.